The molecule has 1 atom stereocenters. The van der Waals surface area contributed by atoms with Gasteiger partial charge in [-0.15, -0.1) is 0 Å². The maximum absolute atomic E-state index is 12.6. The minimum atomic E-state index is -0.795. The lowest BCUT2D eigenvalue weighted by Gasteiger charge is -2.20. The van der Waals surface area contributed by atoms with E-state index in [-0.39, 0.29) is 23.5 Å². The van der Waals surface area contributed by atoms with Crippen molar-refractivity contribution in [2.45, 2.75) is 25.7 Å². The summed E-state index contributed by atoms with van der Waals surface area (Å²) < 4.78 is 21.2. The third-order valence-electron chi connectivity index (χ3n) is 5.14. The van der Waals surface area contributed by atoms with E-state index in [4.69, 9.17) is 18.6 Å². The molecule has 0 aliphatic rings. The fraction of sp³-hybridized carbons (Fsp3) is 0.280. The predicted octanol–water partition coefficient (Wildman–Crippen LogP) is 3.98. The Hall–Kier alpha value is -3.74. The Bertz CT molecular complexity index is 1120. The van der Waals surface area contributed by atoms with Crippen molar-refractivity contribution in [3.63, 3.8) is 0 Å². The topological polar surface area (TPSA) is 95.2 Å². The number of methoxy groups -OCH3 is 2. The lowest BCUT2D eigenvalue weighted by atomic mass is 9.88. The van der Waals surface area contributed by atoms with Gasteiger partial charge in [-0.2, -0.15) is 0 Å². The van der Waals surface area contributed by atoms with Crippen LogP contribution in [-0.2, 0) is 16.0 Å². The second-order valence-electron chi connectivity index (χ2n) is 7.26. The first-order valence-electron chi connectivity index (χ1n) is 10.2. The van der Waals surface area contributed by atoms with Crippen molar-refractivity contribution in [1.82, 2.24) is 0 Å². The van der Waals surface area contributed by atoms with Crippen LogP contribution in [0.1, 0.15) is 34.8 Å². The molecule has 0 saturated heterocycles. The summed E-state index contributed by atoms with van der Waals surface area (Å²) in [6.07, 6.45) is 0.495. The Balaban J connectivity index is 1.89. The molecule has 3 rings (SSSR count). The van der Waals surface area contributed by atoms with E-state index in [9.17, 15) is 14.7 Å². The van der Waals surface area contributed by atoms with Crippen LogP contribution in [0, 0.1) is 6.92 Å². The molecular weight excluding hydrogens is 412 g/mol. The second kappa shape index (κ2) is 10.5. The maximum Gasteiger partial charge on any atom is 0.343 e. The summed E-state index contributed by atoms with van der Waals surface area (Å²) in [5.74, 6) is 0.00775. The van der Waals surface area contributed by atoms with Gasteiger partial charge in [0.2, 0.25) is 0 Å². The number of carbonyl (C=O) groups excluding carboxylic acids is 1. The van der Waals surface area contributed by atoms with Gasteiger partial charge in [-0.25, -0.2) is 4.79 Å². The summed E-state index contributed by atoms with van der Waals surface area (Å²) in [6, 6.07) is 16.2. The summed E-state index contributed by atoms with van der Waals surface area (Å²) in [7, 11) is 2.89. The van der Waals surface area contributed by atoms with Crippen LogP contribution in [0.2, 0.25) is 0 Å². The molecule has 0 bridgehead atoms. The van der Waals surface area contributed by atoms with Crippen molar-refractivity contribution in [1.29, 1.82) is 0 Å². The van der Waals surface area contributed by atoms with Gasteiger partial charge in [-0.05, 0) is 30.7 Å². The van der Waals surface area contributed by atoms with E-state index >= 15 is 0 Å². The molecule has 0 radical (unpaired) electrons. The van der Waals surface area contributed by atoms with Crippen molar-refractivity contribution in [3.05, 3.63) is 87.5 Å². The molecule has 0 fully saturated rings. The SMILES string of the molecule is COC(=O)C[C@H](c1ccccc1OCCc1ccc(OC)cc1)c1c(O)cc(C)oc1=O. The number of para-hydroxylation sites is 1. The van der Waals surface area contributed by atoms with Crippen molar-refractivity contribution in [2.24, 2.45) is 0 Å². The van der Waals surface area contributed by atoms with E-state index in [1.807, 2.05) is 24.3 Å². The standard InChI is InChI=1S/C25H26O7/c1-16-14-21(26)24(25(28)32-16)20(15-23(27)30-3)19-6-4-5-7-22(19)31-13-12-17-8-10-18(29-2)11-9-17/h4-11,14,20,26H,12-13,15H2,1-3H3/t20-/m1/s1. The van der Waals surface area contributed by atoms with E-state index in [0.717, 1.165) is 11.3 Å². The highest BCUT2D eigenvalue weighted by atomic mass is 16.5. The number of benzene rings is 2. The van der Waals surface area contributed by atoms with Gasteiger partial charge in [-0.1, -0.05) is 30.3 Å². The molecule has 0 unspecified atom stereocenters. The van der Waals surface area contributed by atoms with Crippen LogP contribution in [0.4, 0.5) is 0 Å². The van der Waals surface area contributed by atoms with E-state index in [1.165, 1.54) is 13.2 Å². The molecule has 7 nitrogen and oxygen atoms in total. The van der Waals surface area contributed by atoms with Crippen molar-refractivity contribution < 1.29 is 28.5 Å². The molecule has 1 heterocycles. The lowest BCUT2D eigenvalue weighted by molar-refractivity contribution is -0.140. The van der Waals surface area contributed by atoms with Gasteiger partial charge in [0.05, 0.1) is 32.8 Å². The number of ether oxygens (including phenoxy) is 3. The smallest absolute Gasteiger partial charge is 0.343 e. The van der Waals surface area contributed by atoms with E-state index in [1.54, 1.807) is 38.3 Å². The lowest BCUT2D eigenvalue weighted by Crippen LogP contribution is -2.19. The minimum Gasteiger partial charge on any atom is -0.507 e. The second-order valence-corrected chi connectivity index (χ2v) is 7.26. The van der Waals surface area contributed by atoms with Crippen LogP contribution in [0.15, 0.2) is 63.8 Å². The van der Waals surface area contributed by atoms with Gasteiger partial charge >= 0.3 is 11.6 Å². The molecule has 0 aliphatic heterocycles. The molecular formula is C25H26O7. The van der Waals surface area contributed by atoms with Crippen LogP contribution < -0.4 is 15.1 Å². The summed E-state index contributed by atoms with van der Waals surface area (Å²) in [5.41, 5.74) is 0.946. The Morgan fingerprint density at radius 3 is 2.47 bits per heavy atom. The van der Waals surface area contributed by atoms with Crippen LogP contribution >= 0.6 is 0 Å². The van der Waals surface area contributed by atoms with E-state index in [2.05, 4.69) is 0 Å². The molecule has 168 valence electrons. The number of carbonyl (C=O) groups is 1. The van der Waals surface area contributed by atoms with Crippen molar-refractivity contribution >= 4 is 5.97 Å². The van der Waals surface area contributed by atoms with Gasteiger partial charge in [0.25, 0.3) is 0 Å². The molecule has 0 amide bonds. The maximum atomic E-state index is 12.6. The highest BCUT2D eigenvalue weighted by Gasteiger charge is 2.28. The highest BCUT2D eigenvalue weighted by molar-refractivity contribution is 5.72. The van der Waals surface area contributed by atoms with Gasteiger partial charge in [0, 0.05) is 24.0 Å². The third-order valence-corrected chi connectivity index (χ3v) is 5.14. The predicted molar refractivity (Wildman–Crippen MR) is 118 cm³/mol. The summed E-state index contributed by atoms with van der Waals surface area (Å²) >= 11 is 0. The molecule has 0 saturated carbocycles. The van der Waals surface area contributed by atoms with Crippen LogP contribution in [0.25, 0.3) is 0 Å². The van der Waals surface area contributed by atoms with Crippen LogP contribution in [0.5, 0.6) is 17.2 Å². The number of aromatic hydroxyl groups is 1. The summed E-state index contributed by atoms with van der Waals surface area (Å²) in [5, 5.41) is 10.5. The molecule has 3 aromatic rings. The van der Waals surface area contributed by atoms with E-state index < -0.39 is 17.5 Å². The molecule has 0 aliphatic carbocycles. The first kappa shape index (κ1) is 22.9. The highest BCUT2D eigenvalue weighted by Crippen LogP contribution is 2.37. The normalized spacial score (nSPS) is 11.6. The average Bonchev–Trinajstić information content (AvgIpc) is 2.78. The molecule has 2 aromatic carbocycles. The zero-order valence-corrected chi connectivity index (χ0v) is 18.3. The first-order chi connectivity index (χ1) is 15.4. The molecule has 0 spiro atoms. The number of hydrogen-bond donors (Lipinski definition) is 1. The third kappa shape index (κ3) is 5.49. The Morgan fingerprint density at radius 2 is 1.81 bits per heavy atom. The van der Waals surface area contributed by atoms with Crippen LogP contribution in [-0.4, -0.2) is 31.9 Å². The fourth-order valence-electron chi connectivity index (χ4n) is 3.51. The van der Waals surface area contributed by atoms with Crippen molar-refractivity contribution in [2.75, 3.05) is 20.8 Å². The zero-order valence-electron chi connectivity index (χ0n) is 18.3. The molecule has 7 heteroatoms. The Kier molecular flexibility index (Phi) is 7.54. The Labute approximate surface area is 186 Å². The van der Waals surface area contributed by atoms with Gasteiger partial charge in [0.15, 0.2) is 0 Å². The average molecular weight is 438 g/mol. The number of rotatable bonds is 9. The van der Waals surface area contributed by atoms with Gasteiger partial charge in [-0.3, -0.25) is 4.79 Å². The summed E-state index contributed by atoms with van der Waals surface area (Å²) in [6.45, 7) is 1.94. The van der Waals surface area contributed by atoms with Crippen LogP contribution in [0.3, 0.4) is 0 Å². The molecule has 1 aromatic heterocycles. The number of esters is 1. The number of aryl methyl sites for hydroxylation is 1. The summed E-state index contributed by atoms with van der Waals surface area (Å²) in [4.78, 5) is 24.7. The zero-order chi connectivity index (χ0) is 23.1. The Morgan fingerprint density at radius 1 is 1.09 bits per heavy atom. The fourth-order valence-corrected chi connectivity index (χ4v) is 3.51. The van der Waals surface area contributed by atoms with E-state index in [0.29, 0.717) is 24.3 Å². The minimum absolute atomic E-state index is 0.00722. The monoisotopic (exact) mass is 438 g/mol. The first-order valence-corrected chi connectivity index (χ1v) is 10.2. The van der Waals surface area contributed by atoms with Gasteiger partial charge in [0.1, 0.15) is 23.0 Å². The largest absolute Gasteiger partial charge is 0.507 e. The molecule has 1 N–H and O–H groups in total. The number of hydrogen-bond acceptors (Lipinski definition) is 7. The molecule has 32 heavy (non-hydrogen) atoms. The van der Waals surface area contributed by atoms with Crippen molar-refractivity contribution in [3.8, 4) is 17.2 Å². The van der Waals surface area contributed by atoms with Gasteiger partial charge < -0.3 is 23.7 Å². The quantitative estimate of drug-likeness (QED) is 0.505.